The van der Waals surface area contributed by atoms with Crippen molar-refractivity contribution in [3.05, 3.63) is 65.6 Å². The van der Waals surface area contributed by atoms with Crippen molar-refractivity contribution in [2.24, 2.45) is 11.6 Å². The van der Waals surface area contributed by atoms with E-state index in [1.807, 2.05) is 19.1 Å². The van der Waals surface area contributed by atoms with Gasteiger partial charge in [-0.1, -0.05) is 18.2 Å². The number of aliphatic hydroxyl groups is 1. The number of aryl methyl sites for hydroxylation is 1. The molecule has 9 heteroatoms. The molecule has 26 heavy (non-hydrogen) atoms. The first kappa shape index (κ1) is 19.9. The fourth-order valence-corrected chi connectivity index (χ4v) is 3.19. The molecule has 0 unspecified atom stereocenters. The van der Waals surface area contributed by atoms with Gasteiger partial charge in [-0.25, -0.2) is 19.0 Å². The van der Waals surface area contributed by atoms with E-state index in [1.165, 1.54) is 17.1 Å². The molecule has 8 nitrogen and oxygen atoms in total. The molecule has 140 valence electrons. The number of aliphatic hydroxyl groups excluding tert-OH is 1. The quantitative estimate of drug-likeness (QED) is 0.384. The number of aromatic nitrogens is 1. The highest BCUT2D eigenvalue weighted by atomic mass is 32.2. The first-order valence-corrected chi connectivity index (χ1v) is 9.41. The second-order valence-corrected chi connectivity index (χ2v) is 7.50. The topological polar surface area (TPSA) is 135 Å². The van der Waals surface area contributed by atoms with E-state index in [-0.39, 0.29) is 18.0 Å². The molecule has 0 fully saturated rings. The fraction of sp³-hybridized carbons (Fsp3) is 0.235. The van der Waals surface area contributed by atoms with Crippen molar-refractivity contribution in [1.29, 1.82) is 0 Å². The fourth-order valence-electron chi connectivity index (χ4n) is 2.17. The van der Waals surface area contributed by atoms with Crippen LogP contribution in [0.15, 0.2) is 53.7 Å². The number of hydrazine groups is 1. The largest absolute Gasteiger partial charge is 0.397 e. The Morgan fingerprint density at radius 1 is 1.27 bits per heavy atom. The van der Waals surface area contributed by atoms with Crippen LogP contribution in [-0.2, 0) is 16.6 Å². The van der Waals surface area contributed by atoms with Gasteiger partial charge in [0.2, 0.25) is 10.0 Å². The second kappa shape index (κ2) is 8.77. The molecule has 2 rings (SSSR count). The lowest BCUT2D eigenvalue weighted by molar-refractivity contribution is 0.301. The van der Waals surface area contributed by atoms with Gasteiger partial charge in [-0.2, -0.15) is 0 Å². The summed E-state index contributed by atoms with van der Waals surface area (Å²) in [5.41, 5.74) is 8.94. The summed E-state index contributed by atoms with van der Waals surface area (Å²) in [7, 11) is -3.65. The van der Waals surface area contributed by atoms with Crippen LogP contribution in [0, 0.1) is 6.92 Å². The van der Waals surface area contributed by atoms with Crippen molar-refractivity contribution < 1.29 is 13.5 Å². The van der Waals surface area contributed by atoms with E-state index < -0.39 is 10.0 Å². The highest BCUT2D eigenvalue weighted by Crippen LogP contribution is 2.15. The van der Waals surface area contributed by atoms with E-state index in [4.69, 9.17) is 16.7 Å². The van der Waals surface area contributed by atoms with Crippen molar-refractivity contribution in [2.45, 2.75) is 18.4 Å². The van der Waals surface area contributed by atoms with Crippen molar-refractivity contribution in [2.75, 3.05) is 13.2 Å². The Morgan fingerprint density at radius 2 is 1.96 bits per heavy atom. The maximum absolute atomic E-state index is 12.0. The third-order valence-corrected chi connectivity index (χ3v) is 5.00. The zero-order chi connectivity index (χ0) is 19.2. The summed E-state index contributed by atoms with van der Waals surface area (Å²) in [5, 5.41) is 10.1. The highest BCUT2D eigenvalue weighted by molar-refractivity contribution is 7.89. The molecular formula is C17H23N5O3S. The van der Waals surface area contributed by atoms with Gasteiger partial charge >= 0.3 is 0 Å². The average Bonchev–Trinajstić information content (AvgIpc) is 2.62. The SMILES string of the molecule is Cc1ccc(CN(N)/C=C(\N)c2ccc(S(=O)(=O)NCCO)cc2)nc1. The molecule has 0 radical (unpaired) electrons. The number of hydrogen-bond acceptors (Lipinski definition) is 7. The molecule has 0 aliphatic heterocycles. The lowest BCUT2D eigenvalue weighted by atomic mass is 10.2. The molecule has 1 aromatic heterocycles. The van der Waals surface area contributed by atoms with Gasteiger partial charge in [0.15, 0.2) is 0 Å². The molecule has 1 heterocycles. The monoisotopic (exact) mass is 377 g/mol. The van der Waals surface area contributed by atoms with E-state index in [2.05, 4.69) is 9.71 Å². The van der Waals surface area contributed by atoms with Crippen LogP contribution in [0.5, 0.6) is 0 Å². The molecule has 0 saturated carbocycles. The summed E-state index contributed by atoms with van der Waals surface area (Å²) in [6.07, 6.45) is 3.33. The smallest absolute Gasteiger partial charge is 0.240 e. The molecule has 0 saturated heterocycles. The van der Waals surface area contributed by atoms with Crippen LogP contribution in [0.1, 0.15) is 16.8 Å². The molecule has 0 bridgehead atoms. The van der Waals surface area contributed by atoms with Gasteiger partial charge in [-0.3, -0.25) is 4.98 Å². The zero-order valence-corrected chi connectivity index (χ0v) is 15.3. The van der Waals surface area contributed by atoms with Crippen molar-refractivity contribution in [3.63, 3.8) is 0 Å². The summed E-state index contributed by atoms with van der Waals surface area (Å²) < 4.78 is 26.2. The average molecular weight is 377 g/mol. The summed E-state index contributed by atoms with van der Waals surface area (Å²) in [6.45, 7) is 2.03. The van der Waals surface area contributed by atoms with Gasteiger partial charge in [0.25, 0.3) is 0 Å². The predicted octanol–water partition coefficient (Wildman–Crippen LogP) is 0.294. The third-order valence-electron chi connectivity index (χ3n) is 3.52. The molecule has 0 aliphatic rings. The van der Waals surface area contributed by atoms with Crippen molar-refractivity contribution in [3.8, 4) is 0 Å². The van der Waals surface area contributed by atoms with Crippen molar-refractivity contribution in [1.82, 2.24) is 14.7 Å². The van der Waals surface area contributed by atoms with Crippen LogP contribution in [0.3, 0.4) is 0 Å². The zero-order valence-electron chi connectivity index (χ0n) is 14.5. The van der Waals surface area contributed by atoms with E-state index in [9.17, 15) is 8.42 Å². The normalized spacial score (nSPS) is 12.2. The Kier molecular flexibility index (Phi) is 6.70. The maximum atomic E-state index is 12.0. The molecule has 0 amide bonds. The van der Waals surface area contributed by atoms with Crippen LogP contribution < -0.4 is 16.3 Å². The van der Waals surface area contributed by atoms with Gasteiger partial charge in [0.05, 0.1) is 29.4 Å². The number of sulfonamides is 1. The molecule has 0 aliphatic carbocycles. The predicted molar refractivity (Wildman–Crippen MR) is 99.6 cm³/mol. The standard InChI is InChI=1S/C17H23N5O3S/c1-13-2-5-15(20-10-13)11-22(19)12-17(18)14-3-6-16(7-4-14)26(24,25)21-8-9-23/h2-7,10,12,21,23H,8-9,11,18-19H2,1H3/b17-12-. The van der Waals surface area contributed by atoms with Crippen LogP contribution >= 0.6 is 0 Å². The summed E-state index contributed by atoms with van der Waals surface area (Å²) in [4.78, 5) is 4.37. The van der Waals surface area contributed by atoms with E-state index >= 15 is 0 Å². The Morgan fingerprint density at radius 3 is 2.54 bits per heavy atom. The number of nitrogens with zero attached hydrogens (tertiary/aromatic N) is 2. The molecule has 2 aromatic rings. The first-order chi connectivity index (χ1) is 12.3. The molecule has 1 aromatic carbocycles. The van der Waals surface area contributed by atoms with Crippen LogP contribution in [0.4, 0.5) is 0 Å². The van der Waals surface area contributed by atoms with E-state index in [0.717, 1.165) is 11.3 Å². The van der Waals surface area contributed by atoms with E-state index in [1.54, 1.807) is 24.5 Å². The van der Waals surface area contributed by atoms with Gasteiger partial charge in [0.1, 0.15) is 0 Å². The molecular weight excluding hydrogens is 354 g/mol. The second-order valence-electron chi connectivity index (χ2n) is 5.73. The van der Waals surface area contributed by atoms with Gasteiger partial charge in [0, 0.05) is 18.9 Å². The summed E-state index contributed by atoms with van der Waals surface area (Å²) >= 11 is 0. The van der Waals surface area contributed by atoms with Gasteiger partial charge in [-0.15, -0.1) is 0 Å². The number of rotatable bonds is 8. The number of nitrogens with two attached hydrogens (primary N) is 2. The number of nitrogens with one attached hydrogen (secondary N) is 1. The Hall–Kier alpha value is -2.46. The minimum absolute atomic E-state index is 0.0404. The Balaban J connectivity index is 2.07. The van der Waals surface area contributed by atoms with E-state index in [0.29, 0.717) is 17.8 Å². The Labute approximate surface area is 153 Å². The number of pyridine rings is 1. The summed E-state index contributed by atoms with van der Waals surface area (Å²) in [6, 6.07) is 9.91. The number of benzene rings is 1. The molecule has 6 N–H and O–H groups in total. The van der Waals surface area contributed by atoms with Crippen LogP contribution in [-0.4, -0.2) is 36.7 Å². The molecule has 0 spiro atoms. The number of hydrogen-bond donors (Lipinski definition) is 4. The first-order valence-electron chi connectivity index (χ1n) is 7.93. The maximum Gasteiger partial charge on any atom is 0.240 e. The minimum Gasteiger partial charge on any atom is -0.397 e. The lowest BCUT2D eigenvalue weighted by Gasteiger charge is -2.15. The van der Waals surface area contributed by atoms with Gasteiger partial charge < -0.3 is 15.8 Å². The van der Waals surface area contributed by atoms with Crippen LogP contribution in [0.2, 0.25) is 0 Å². The van der Waals surface area contributed by atoms with Crippen LogP contribution in [0.25, 0.3) is 5.70 Å². The lowest BCUT2D eigenvalue weighted by Crippen LogP contribution is -2.27. The van der Waals surface area contributed by atoms with Gasteiger partial charge in [-0.05, 0) is 36.2 Å². The molecule has 0 atom stereocenters. The minimum atomic E-state index is -3.65. The summed E-state index contributed by atoms with van der Waals surface area (Å²) in [5.74, 6) is 5.94. The van der Waals surface area contributed by atoms with Crippen molar-refractivity contribution >= 4 is 15.7 Å². The third kappa shape index (κ3) is 5.53. The highest BCUT2D eigenvalue weighted by Gasteiger charge is 2.13. The Bertz CT molecular complexity index is 849.